The summed E-state index contributed by atoms with van der Waals surface area (Å²) in [5, 5.41) is 12.3. The minimum absolute atomic E-state index is 0.138. The third kappa shape index (κ3) is 4.88. The van der Waals surface area contributed by atoms with Crippen LogP contribution in [0.4, 0.5) is 0 Å². The number of hydrogen-bond acceptors (Lipinski definition) is 3. The molecule has 6 aromatic carbocycles. The maximum Gasteiger partial charge on any atom is 0.250 e. The molecule has 4 aromatic heterocycles. The number of aromatic amines is 3. The van der Waals surface area contributed by atoms with E-state index in [0.717, 1.165) is 61.1 Å². The van der Waals surface area contributed by atoms with Crippen molar-refractivity contribution in [2.24, 2.45) is 0 Å². The van der Waals surface area contributed by atoms with Crippen LogP contribution in [0.1, 0.15) is 22.6 Å². The second-order valence-corrected chi connectivity index (χ2v) is 12.9. The van der Waals surface area contributed by atoms with E-state index in [1.54, 1.807) is 0 Å². The lowest BCUT2D eigenvalue weighted by Gasteiger charge is -2.22. The average Bonchev–Trinajstić information content (AvgIpc) is 4.01. The Morgan fingerprint density at radius 3 is 1.51 bits per heavy atom. The van der Waals surface area contributed by atoms with Crippen LogP contribution in [0.25, 0.3) is 78.1 Å². The second kappa shape index (κ2) is 11.9. The first kappa shape index (κ1) is 29.0. The molecule has 0 aliphatic rings. The number of nitrogens with one attached hydrogen (secondary N) is 3. The maximum absolute atomic E-state index is 6.28. The van der Waals surface area contributed by atoms with Gasteiger partial charge in [-0.1, -0.05) is 127 Å². The molecule has 10 aromatic rings. The van der Waals surface area contributed by atoms with Gasteiger partial charge < -0.3 is 19.4 Å². The van der Waals surface area contributed by atoms with Crippen LogP contribution < -0.4 is 0 Å². The van der Waals surface area contributed by atoms with E-state index in [4.69, 9.17) is 4.42 Å². The van der Waals surface area contributed by atoms with Crippen molar-refractivity contribution in [1.29, 1.82) is 0 Å². The van der Waals surface area contributed by atoms with E-state index in [1.807, 2.05) is 24.4 Å². The van der Waals surface area contributed by atoms with E-state index < -0.39 is 0 Å². The molecule has 0 aliphatic heterocycles. The summed E-state index contributed by atoms with van der Waals surface area (Å²) < 4.78 is 6.28. The SMILES string of the molecule is c1ccc(-c2[nH]c3ccccc3c2C(c2ccc(-c3nnc(-c4c[nH]c5ccccc45)o3)cc2)c2c(-c3ccccc3)[nH]c3ccccc23)cc1. The molecule has 0 atom stereocenters. The van der Waals surface area contributed by atoms with Crippen LogP contribution in [0.15, 0.2) is 168 Å². The van der Waals surface area contributed by atoms with Gasteiger partial charge in [0.15, 0.2) is 0 Å². The van der Waals surface area contributed by atoms with Gasteiger partial charge >= 0.3 is 0 Å². The molecule has 3 N–H and O–H groups in total. The molecule has 51 heavy (non-hydrogen) atoms. The Kier molecular flexibility index (Phi) is 6.77. The summed E-state index contributed by atoms with van der Waals surface area (Å²) in [5.74, 6) is 0.829. The third-order valence-electron chi connectivity index (χ3n) is 9.93. The molecule has 0 aliphatic carbocycles. The normalized spacial score (nSPS) is 11.7. The van der Waals surface area contributed by atoms with Gasteiger partial charge in [-0.05, 0) is 58.1 Å². The minimum Gasteiger partial charge on any atom is -0.416 e. The number of rotatable bonds is 7. The molecule has 6 heteroatoms. The topological polar surface area (TPSA) is 86.3 Å². The van der Waals surface area contributed by atoms with Crippen molar-refractivity contribution in [2.75, 3.05) is 0 Å². The van der Waals surface area contributed by atoms with Crippen molar-refractivity contribution in [1.82, 2.24) is 25.1 Å². The fourth-order valence-corrected chi connectivity index (χ4v) is 7.58. The summed E-state index contributed by atoms with van der Waals surface area (Å²) in [4.78, 5) is 10.9. The highest BCUT2D eigenvalue weighted by atomic mass is 16.4. The first-order valence-electron chi connectivity index (χ1n) is 17.1. The monoisotopic (exact) mass is 657 g/mol. The van der Waals surface area contributed by atoms with Gasteiger partial charge in [-0.2, -0.15) is 0 Å². The van der Waals surface area contributed by atoms with Crippen molar-refractivity contribution in [3.63, 3.8) is 0 Å². The Bertz CT molecular complexity index is 2690. The van der Waals surface area contributed by atoms with Crippen LogP contribution in [0.3, 0.4) is 0 Å². The summed E-state index contributed by atoms with van der Waals surface area (Å²) in [7, 11) is 0. The van der Waals surface area contributed by atoms with Gasteiger partial charge in [0.25, 0.3) is 0 Å². The maximum atomic E-state index is 6.28. The highest BCUT2D eigenvalue weighted by Crippen LogP contribution is 2.48. The van der Waals surface area contributed by atoms with Crippen molar-refractivity contribution in [2.45, 2.75) is 5.92 Å². The lowest BCUT2D eigenvalue weighted by atomic mass is 9.80. The molecule has 4 heterocycles. The van der Waals surface area contributed by atoms with Crippen LogP contribution in [0.5, 0.6) is 0 Å². The number of hydrogen-bond donors (Lipinski definition) is 3. The van der Waals surface area contributed by atoms with Gasteiger partial charge in [0.2, 0.25) is 11.8 Å². The predicted molar refractivity (Wildman–Crippen MR) is 205 cm³/mol. The Morgan fingerprint density at radius 2 is 0.922 bits per heavy atom. The fourth-order valence-electron chi connectivity index (χ4n) is 7.58. The zero-order valence-electron chi connectivity index (χ0n) is 27.5. The number of aromatic nitrogens is 5. The van der Waals surface area contributed by atoms with E-state index >= 15 is 0 Å². The van der Waals surface area contributed by atoms with Gasteiger partial charge in [0.1, 0.15) is 0 Å². The van der Waals surface area contributed by atoms with Crippen LogP contribution in [-0.4, -0.2) is 25.1 Å². The Hall–Kier alpha value is -6.92. The molecule has 10 rings (SSSR count). The molecule has 0 spiro atoms. The van der Waals surface area contributed by atoms with E-state index in [0.29, 0.717) is 11.8 Å². The highest BCUT2D eigenvalue weighted by Gasteiger charge is 2.30. The molecule has 0 amide bonds. The molecule has 0 unspecified atom stereocenters. The molecule has 242 valence electrons. The summed E-state index contributed by atoms with van der Waals surface area (Å²) in [6, 6.07) is 55.3. The summed E-state index contributed by atoms with van der Waals surface area (Å²) in [6.45, 7) is 0. The molecule has 0 saturated heterocycles. The van der Waals surface area contributed by atoms with Gasteiger partial charge in [0.05, 0.1) is 17.0 Å². The summed E-state index contributed by atoms with van der Waals surface area (Å²) >= 11 is 0. The van der Waals surface area contributed by atoms with Crippen LogP contribution in [0.2, 0.25) is 0 Å². The van der Waals surface area contributed by atoms with Crippen molar-refractivity contribution in [3.8, 4) is 45.4 Å². The first-order valence-corrected chi connectivity index (χ1v) is 17.1. The number of fused-ring (bicyclic) bond motifs is 3. The molecular weight excluding hydrogens is 627 g/mol. The number of benzene rings is 6. The molecule has 0 radical (unpaired) electrons. The largest absolute Gasteiger partial charge is 0.416 e. The lowest BCUT2D eigenvalue weighted by Crippen LogP contribution is -2.06. The van der Waals surface area contributed by atoms with Crippen molar-refractivity contribution in [3.05, 3.63) is 181 Å². The number of nitrogens with zero attached hydrogens (tertiary/aromatic N) is 2. The summed E-state index contributed by atoms with van der Waals surface area (Å²) in [6.07, 6.45) is 1.92. The second-order valence-electron chi connectivity index (χ2n) is 12.9. The van der Waals surface area contributed by atoms with Gasteiger partial charge in [-0.25, -0.2) is 0 Å². The molecule has 6 nitrogen and oxygen atoms in total. The molecular formula is C45H31N5O. The highest BCUT2D eigenvalue weighted by molar-refractivity contribution is 5.98. The molecule has 0 saturated carbocycles. The Balaban J connectivity index is 1.18. The van der Waals surface area contributed by atoms with Crippen molar-refractivity contribution < 1.29 is 4.42 Å². The predicted octanol–water partition coefficient (Wildman–Crippen LogP) is 11.4. The van der Waals surface area contributed by atoms with Crippen LogP contribution in [0, 0.1) is 0 Å². The standard InChI is InChI=1S/C45H31N5O/c1-3-13-29(14-4-1)42-40(33-18-8-11-21-37(33)47-42)39(41-34-19-9-12-22-38(34)48-43(41)30-15-5-2-6-16-30)28-23-25-31(26-24-28)44-49-50-45(51-44)35-27-46-36-20-10-7-17-32(35)36/h1-27,39,46-48H. The Morgan fingerprint density at radius 1 is 0.431 bits per heavy atom. The smallest absolute Gasteiger partial charge is 0.250 e. The number of H-pyrrole nitrogens is 3. The van der Waals surface area contributed by atoms with E-state index in [2.05, 4.69) is 165 Å². The molecule has 0 fully saturated rings. The average molecular weight is 658 g/mol. The fraction of sp³-hybridized carbons (Fsp3) is 0.0222. The van der Waals surface area contributed by atoms with Gasteiger partial charge in [-0.15, -0.1) is 10.2 Å². The summed E-state index contributed by atoms with van der Waals surface area (Å²) in [5.41, 5.74) is 13.1. The van der Waals surface area contributed by atoms with Crippen molar-refractivity contribution >= 4 is 32.7 Å². The quantitative estimate of drug-likeness (QED) is 0.159. The first-order chi connectivity index (χ1) is 25.3. The van der Waals surface area contributed by atoms with Gasteiger partial charge in [-0.3, -0.25) is 0 Å². The zero-order valence-corrected chi connectivity index (χ0v) is 27.5. The van der Waals surface area contributed by atoms with E-state index in [9.17, 15) is 0 Å². The van der Waals surface area contributed by atoms with Gasteiger partial charge in [0, 0.05) is 50.4 Å². The van der Waals surface area contributed by atoms with Crippen LogP contribution in [-0.2, 0) is 0 Å². The number of para-hydroxylation sites is 3. The van der Waals surface area contributed by atoms with Crippen LogP contribution >= 0.6 is 0 Å². The third-order valence-corrected chi connectivity index (χ3v) is 9.93. The lowest BCUT2D eigenvalue weighted by molar-refractivity contribution is 0.585. The Labute approximate surface area is 293 Å². The zero-order chi connectivity index (χ0) is 33.7. The van der Waals surface area contributed by atoms with E-state index in [1.165, 1.54) is 21.9 Å². The minimum atomic E-state index is -0.138. The van der Waals surface area contributed by atoms with E-state index in [-0.39, 0.29) is 5.92 Å². The molecule has 0 bridgehead atoms.